The van der Waals surface area contributed by atoms with Gasteiger partial charge in [-0.2, -0.15) is 0 Å². The second-order valence-electron chi connectivity index (χ2n) is 12.2. The van der Waals surface area contributed by atoms with Crippen LogP contribution in [0.15, 0.2) is 30.5 Å². The van der Waals surface area contributed by atoms with Crippen LogP contribution in [-0.2, 0) is 11.3 Å². The molecule has 0 atom stereocenters. The first-order valence-electron chi connectivity index (χ1n) is 16.3. The molecular weight excluding hydrogens is 590 g/mol. The van der Waals surface area contributed by atoms with Crippen molar-refractivity contribution < 1.29 is 18.3 Å². The van der Waals surface area contributed by atoms with Crippen LogP contribution in [0.5, 0.6) is 5.75 Å². The number of aromatic nitrogens is 4. The Morgan fingerprint density at radius 1 is 0.935 bits per heavy atom. The molecule has 0 aliphatic carbocycles. The number of nitrogens with one attached hydrogen (secondary N) is 1. The lowest BCUT2D eigenvalue weighted by Gasteiger charge is -2.35. The van der Waals surface area contributed by atoms with E-state index in [1.807, 2.05) is 38.3 Å². The summed E-state index contributed by atoms with van der Waals surface area (Å²) in [6.45, 7) is 19.2. The molecule has 0 spiro atoms. The number of nitrogens with zero attached hydrogens (tertiary/aromatic N) is 7. The van der Waals surface area contributed by atoms with Crippen molar-refractivity contribution >= 4 is 28.4 Å². The van der Waals surface area contributed by atoms with Crippen molar-refractivity contribution in [1.29, 1.82) is 0 Å². The fourth-order valence-electron chi connectivity index (χ4n) is 6.50. The molecular formula is C34H44F2N8O2. The van der Waals surface area contributed by atoms with E-state index in [4.69, 9.17) is 9.47 Å². The third-order valence-corrected chi connectivity index (χ3v) is 8.84. The fraction of sp³-hybridized carbons (Fsp3) is 0.500. The van der Waals surface area contributed by atoms with Crippen molar-refractivity contribution in [2.45, 2.75) is 47.2 Å². The van der Waals surface area contributed by atoms with Gasteiger partial charge in [0.25, 0.3) is 0 Å². The van der Waals surface area contributed by atoms with Gasteiger partial charge < -0.3 is 29.2 Å². The summed E-state index contributed by atoms with van der Waals surface area (Å²) in [5, 5.41) is 3.35. The number of rotatable bonds is 10. The van der Waals surface area contributed by atoms with Gasteiger partial charge in [-0.05, 0) is 52.4 Å². The molecule has 10 nitrogen and oxygen atoms in total. The SMILES string of the molecule is CCOc1cc(Nc2ncc(F)c(-c3cc(F)c4nc(C)n(C(C)C)c4c3)n2)c(N2CCOCC2)cc1CN1CCN(CC)CC1. The maximum Gasteiger partial charge on any atom is 0.227 e. The van der Waals surface area contributed by atoms with E-state index in [9.17, 15) is 0 Å². The smallest absolute Gasteiger partial charge is 0.227 e. The average molecular weight is 635 g/mol. The van der Waals surface area contributed by atoms with Gasteiger partial charge in [0.05, 0.1) is 42.9 Å². The van der Waals surface area contributed by atoms with Crippen LogP contribution >= 0.6 is 0 Å². The largest absolute Gasteiger partial charge is 0.493 e. The Kier molecular flexibility index (Phi) is 9.67. The monoisotopic (exact) mass is 634 g/mol. The maximum atomic E-state index is 15.3. The van der Waals surface area contributed by atoms with E-state index < -0.39 is 11.6 Å². The molecule has 4 aromatic rings. The van der Waals surface area contributed by atoms with Gasteiger partial charge in [0.2, 0.25) is 5.95 Å². The number of morpholine rings is 1. The highest BCUT2D eigenvalue weighted by Crippen LogP contribution is 2.37. The number of anilines is 3. The molecule has 0 radical (unpaired) electrons. The van der Waals surface area contributed by atoms with Crippen LogP contribution in [0.3, 0.4) is 0 Å². The van der Waals surface area contributed by atoms with Crippen LogP contribution in [0.4, 0.5) is 26.1 Å². The molecule has 1 N–H and O–H groups in total. The number of fused-ring (bicyclic) bond motifs is 1. The first kappa shape index (κ1) is 32.1. The topological polar surface area (TPSA) is 83.8 Å². The van der Waals surface area contributed by atoms with Gasteiger partial charge >= 0.3 is 0 Å². The molecule has 2 aliphatic heterocycles. The highest BCUT2D eigenvalue weighted by Gasteiger charge is 2.23. The zero-order chi connectivity index (χ0) is 32.4. The number of aryl methyl sites for hydroxylation is 1. The Morgan fingerprint density at radius 2 is 1.67 bits per heavy atom. The average Bonchev–Trinajstić information content (AvgIpc) is 3.40. The van der Waals surface area contributed by atoms with E-state index in [1.165, 1.54) is 6.07 Å². The van der Waals surface area contributed by atoms with Gasteiger partial charge in [0, 0.05) is 69.0 Å². The molecule has 2 aromatic heterocycles. The van der Waals surface area contributed by atoms with Crippen molar-refractivity contribution in [2.24, 2.45) is 0 Å². The van der Waals surface area contributed by atoms with E-state index in [2.05, 4.69) is 48.0 Å². The molecule has 2 saturated heterocycles. The normalized spacial score (nSPS) is 16.5. The lowest BCUT2D eigenvalue weighted by atomic mass is 10.1. The summed E-state index contributed by atoms with van der Waals surface area (Å²) in [4.78, 5) is 20.5. The zero-order valence-electron chi connectivity index (χ0n) is 27.4. The van der Waals surface area contributed by atoms with Gasteiger partial charge in [-0.3, -0.25) is 4.90 Å². The molecule has 0 amide bonds. The zero-order valence-corrected chi connectivity index (χ0v) is 27.4. The van der Waals surface area contributed by atoms with E-state index in [0.29, 0.717) is 36.7 Å². The molecule has 4 heterocycles. The lowest BCUT2D eigenvalue weighted by molar-refractivity contribution is 0.122. The third kappa shape index (κ3) is 6.65. The minimum absolute atomic E-state index is 0.00764. The van der Waals surface area contributed by atoms with E-state index in [0.717, 1.165) is 81.2 Å². The number of likely N-dealkylation sites (N-methyl/N-ethyl adjacent to an activating group) is 1. The molecule has 46 heavy (non-hydrogen) atoms. The molecule has 0 saturated carbocycles. The Morgan fingerprint density at radius 3 is 2.37 bits per heavy atom. The van der Waals surface area contributed by atoms with Crippen molar-refractivity contribution in [2.75, 3.05) is 75.9 Å². The number of halogens is 2. The minimum atomic E-state index is -0.640. The van der Waals surface area contributed by atoms with E-state index >= 15 is 8.78 Å². The highest BCUT2D eigenvalue weighted by atomic mass is 19.1. The molecule has 12 heteroatoms. The van der Waals surface area contributed by atoms with Crippen molar-refractivity contribution in [3.05, 3.63) is 53.5 Å². The summed E-state index contributed by atoms with van der Waals surface area (Å²) in [5.41, 5.74) is 4.02. The maximum absolute atomic E-state index is 15.3. The second-order valence-corrected chi connectivity index (χ2v) is 12.2. The van der Waals surface area contributed by atoms with Gasteiger partial charge in [-0.1, -0.05) is 6.92 Å². The lowest BCUT2D eigenvalue weighted by Crippen LogP contribution is -2.45. The Balaban J connectivity index is 1.37. The second kappa shape index (κ2) is 13.9. The molecule has 0 bridgehead atoms. The molecule has 0 unspecified atom stereocenters. The summed E-state index contributed by atoms with van der Waals surface area (Å²) in [6, 6.07) is 7.27. The predicted molar refractivity (Wildman–Crippen MR) is 177 cm³/mol. The van der Waals surface area contributed by atoms with Crippen LogP contribution in [-0.4, -0.2) is 95.0 Å². The Hall–Kier alpha value is -3.87. The van der Waals surface area contributed by atoms with Gasteiger partial charge in [-0.25, -0.2) is 23.7 Å². The number of ether oxygens (including phenoxy) is 2. The molecule has 2 aliphatic rings. The summed E-state index contributed by atoms with van der Waals surface area (Å²) in [5.74, 6) is 0.515. The van der Waals surface area contributed by atoms with Crippen LogP contribution in [0, 0.1) is 18.6 Å². The van der Waals surface area contributed by atoms with Gasteiger partial charge in [0.1, 0.15) is 22.8 Å². The third-order valence-electron chi connectivity index (χ3n) is 8.84. The van der Waals surface area contributed by atoms with Gasteiger partial charge in [0.15, 0.2) is 11.6 Å². The van der Waals surface area contributed by atoms with Crippen molar-refractivity contribution in [1.82, 2.24) is 29.3 Å². The van der Waals surface area contributed by atoms with Crippen LogP contribution in [0.25, 0.3) is 22.3 Å². The predicted octanol–water partition coefficient (Wildman–Crippen LogP) is 5.78. The number of piperazine rings is 1. The molecule has 246 valence electrons. The quantitative estimate of drug-likeness (QED) is 0.234. The number of imidazole rings is 1. The molecule has 2 fully saturated rings. The number of hydrogen-bond acceptors (Lipinski definition) is 9. The first-order valence-corrected chi connectivity index (χ1v) is 16.3. The van der Waals surface area contributed by atoms with Crippen molar-refractivity contribution in [3.8, 4) is 17.0 Å². The van der Waals surface area contributed by atoms with E-state index in [-0.39, 0.29) is 23.2 Å². The highest BCUT2D eigenvalue weighted by molar-refractivity contribution is 5.83. The number of benzene rings is 2. The molecule has 6 rings (SSSR count). The standard InChI is InChI=1S/C34H44F2N8O2/c1-6-41-8-10-42(11-9-41)21-25-18-29(43-12-14-45-15-13-43)28(19-31(25)46-7-2)39-34-37-20-27(36)32(40-34)24-16-26(35)33-30(17-24)44(22(3)4)23(5)38-33/h16-20,22H,6-15,21H2,1-5H3,(H,37,39,40). The van der Waals surface area contributed by atoms with Gasteiger partial charge in [-0.15, -0.1) is 0 Å². The number of hydrogen-bond donors (Lipinski definition) is 1. The summed E-state index contributed by atoms with van der Waals surface area (Å²) in [7, 11) is 0. The minimum Gasteiger partial charge on any atom is -0.493 e. The summed E-state index contributed by atoms with van der Waals surface area (Å²) < 4.78 is 44.4. The van der Waals surface area contributed by atoms with E-state index in [1.54, 1.807) is 6.07 Å². The summed E-state index contributed by atoms with van der Waals surface area (Å²) in [6.07, 6.45) is 1.12. The Bertz CT molecular complexity index is 1680. The van der Waals surface area contributed by atoms with Crippen molar-refractivity contribution in [3.63, 3.8) is 0 Å². The van der Waals surface area contributed by atoms with Crippen LogP contribution in [0.1, 0.15) is 45.1 Å². The first-order chi connectivity index (χ1) is 22.2. The van der Waals surface area contributed by atoms with Crippen LogP contribution < -0.4 is 15.0 Å². The summed E-state index contributed by atoms with van der Waals surface area (Å²) >= 11 is 0. The molecule has 2 aromatic carbocycles. The fourth-order valence-corrected chi connectivity index (χ4v) is 6.50. The Labute approximate surface area is 269 Å². The van der Waals surface area contributed by atoms with Crippen LogP contribution in [0.2, 0.25) is 0 Å².